The van der Waals surface area contributed by atoms with Crippen LogP contribution in [-0.2, 0) is 19.1 Å². The fourth-order valence-electron chi connectivity index (χ4n) is 2.59. The van der Waals surface area contributed by atoms with E-state index in [0.29, 0.717) is 31.1 Å². The highest BCUT2D eigenvalue weighted by Crippen LogP contribution is 2.13. The molecule has 1 aromatic carbocycles. The van der Waals surface area contributed by atoms with E-state index in [1.807, 2.05) is 18.7 Å². The third kappa shape index (κ3) is 9.73. The number of anilines is 2. The Morgan fingerprint density at radius 2 is 1.50 bits per heavy atom. The number of nitrogens with one attached hydrogen (secondary N) is 3. The lowest BCUT2D eigenvalue weighted by atomic mass is 10.1. The molecule has 0 aromatic heterocycles. The number of ether oxygens (including phenoxy) is 1. The first-order chi connectivity index (χ1) is 13.3. The molecule has 1 aromatic rings. The molecule has 1 aliphatic heterocycles. The molecule has 0 saturated carbocycles. The molecule has 1 aliphatic rings. The number of nitrogens with zero attached hydrogens (tertiary/aromatic N) is 1. The molecule has 0 radical (unpaired) electrons. The Bertz CT molecular complexity index is 682. The lowest BCUT2D eigenvalue weighted by molar-refractivity contribution is -0.125. The predicted octanol–water partition coefficient (Wildman–Crippen LogP) is 0.839. The summed E-state index contributed by atoms with van der Waals surface area (Å²) in [6.07, 6.45) is 0. The van der Waals surface area contributed by atoms with E-state index in [1.54, 1.807) is 24.3 Å². The zero-order valence-electron chi connectivity index (χ0n) is 17.2. The zero-order valence-corrected chi connectivity index (χ0v) is 18.8. The third-order valence-corrected chi connectivity index (χ3v) is 4.37. The number of hydrogen-bond acceptors (Lipinski definition) is 6. The Labute approximate surface area is 189 Å². The molecule has 0 aliphatic carbocycles. The quantitative estimate of drug-likeness (QED) is 0.452. The SMILES string of the molecule is CC(C)[C@H](N)C(=O)NCC(=O)Nc1ccc(NC(=O)CN2CCOCC2)cc1.Cl.Cl. The Balaban J connectivity index is 0.00000420. The van der Waals surface area contributed by atoms with Gasteiger partial charge in [-0.3, -0.25) is 19.3 Å². The van der Waals surface area contributed by atoms with Crippen molar-refractivity contribution in [1.29, 1.82) is 0 Å². The molecule has 2 rings (SSSR count). The fourth-order valence-corrected chi connectivity index (χ4v) is 2.59. The van der Waals surface area contributed by atoms with Crippen LogP contribution >= 0.6 is 24.8 Å². The summed E-state index contributed by atoms with van der Waals surface area (Å²) < 4.78 is 5.26. The van der Waals surface area contributed by atoms with Gasteiger partial charge in [0, 0.05) is 24.5 Å². The number of morpholine rings is 1. The van der Waals surface area contributed by atoms with Gasteiger partial charge in [0.25, 0.3) is 0 Å². The van der Waals surface area contributed by atoms with Gasteiger partial charge in [-0.05, 0) is 30.2 Å². The zero-order chi connectivity index (χ0) is 20.5. The van der Waals surface area contributed by atoms with E-state index in [2.05, 4.69) is 16.0 Å². The molecule has 5 N–H and O–H groups in total. The molecule has 30 heavy (non-hydrogen) atoms. The largest absolute Gasteiger partial charge is 0.379 e. The molecule has 0 spiro atoms. The van der Waals surface area contributed by atoms with Crippen LogP contribution in [0.5, 0.6) is 0 Å². The number of rotatable bonds is 8. The van der Waals surface area contributed by atoms with Crippen LogP contribution in [-0.4, -0.2) is 68.1 Å². The summed E-state index contributed by atoms with van der Waals surface area (Å²) >= 11 is 0. The molecule has 9 nitrogen and oxygen atoms in total. The van der Waals surface area contributed by atoms with Crippen LogP contribution in [0, 0.1) is 5.92 Å². The van der Waals surface area contributed by atoms with Crippen LogP contribution in [0.2, 0.25) is 0 Å². The summed E-state index contributed by atoms with van der Waals surface area (Å²) in [5.74, 6) is -0.811. The first-order valence-corrected chi connectivity index (χ1v) is 9.38. The van der Waals surface area contributed by atoms with Gasteiger partial charge in [0.15, 0.2) is 0 Å². The molecule has 1 heterocycles. The van der Waals surface area contributed by atoms with Gasteiger partial charge in [-0.2, -0.15) is 0 Å². The molecular weight excluding hydrogens is 433 g/mol. The summed E-state index contributed by atoms with van der Waals surface area (Å²) in [5.41, 5.74) is 6.94. The fraction of sp³-hybridized carbons (Fsp3) is 0.526. The van der Waals surface area contributed by atoms with Gasteiger partial charge in [0.2, 0.25) is 17.7 Å². The topological polar surface area (TPSA) is 126 Å². The maximum atomic E-state index is 12.1. The minimum Gasteiger partial charge on any atom is -0.379 e. The molecule has 1 fully saturated rings. The Hall–Kier alpha value is -1.91. The maximum absolute atomic E-state index is 12.1. The summed E-state index contributed by atoms with van der Waals surface area (Å²) in [4.78, 5) is 37.8. The van der Waals surface area contributed by atoms with Gasteiger partial charge < -0.3 is 26.4 Å². The summed E-state index contributed by atoms with van der Waals surface area (Å²) in [6.45, 7) is 6.62. The number of nitrogens with two attached hydrogens (primary N) is 1. The smallest absolute Gasteiger partial charge is 0.243 e. The highest BCUT2D eigenvalue weighted by Gasteiger charge is 2.17. The second-order valence-electron chi connectivity index (χ2n) is 7.05. The van der Waals surface area contributed by atoms with E-state index in [0.717, 1.165) is 13.1 Å². The predicted molar refractivity (Wildman–Crippen MR) is 121 cm³/mol. The molecule has 3 amide bonds. The molecule has 11 heteroatoms. The van der Waals surface area contributed by atoms with Gasteiger partial charge in [-0.25, -0.2) is 0 Å². The number of carbonyl (C=O) groups is 3. The maximum Gasteiger partial charge on any atom is 0.243 e. The second kappa shape index (κ2) is 14.2. The van der Waals surface area contributed by atoms with Gasteiger partial charge in [0.05, 0.1) is 32.3 Å². The van der Waals surface area contributed by atoms with Crippen molar-refractivity contribution in [3.8, 4) is 0 Å². The molecule has 0 bridgehead atoms. The normalized spacial score (nSPS) is 14.7. The first-order valence-electron chi connectivity index (χ1n) is 9.38. The Morgan fingerprint density at radius 3 is 2.00 bits per heavy atom. The summed E-state index contributed by atoms with van der Waals surface area (Å²) in [5, 5.41) is 8.02. The van der Waals surface area contributed by atoms with Crippen molar-refractivity contribution < 1.29 is 19.1 Å². The van der Waals surface area contributed by atoms with Crippen molar-refractivity contribution in [3.63, 3.8) is 0 Å². The van der Waals surface area contributed by atoms with Gasteiger partial charge in [0.1, 0.15) is 0 Å². The Morgan fingerprint density at radius 1 is 1.00 bits per heavy atom. The first kappa shape index (κ1) is 28.1. The Kier molecular flexibility index (Phi) is 13.3. The highest BCUT2D eigenvalue weighted by molar-refractivity contribution is 5.96. The lowest BCUT2D eigenvalue weighted by Crippen LogP contribution is -2.46. The highest BCUT2D eigenvalue weighted by atomic mass is 35.5. The summed E-state index contributed by atoms with van der Waals surface area (Å²) in [6, 6.07) is 6.14. The third-order valence-electron chi connectivity index (χ3n) is 4.37. The standard InChI is InChI=1S/C19H29N5O4.2ClH/c1-13(2)18(20)19(27)21-11-16(25)22-14-3-5-15(6-4-14)23-17(26)12-24-7-9-28-10-8-24;;/h3-6,13,18H,7-12,20H2,1-2H3,(H,21,27)(H,22,25)(H,23,26);2*1H/t18-;;/m0../s1. The van der Waals surface area contributed by atoms with Gasteiger partial charge >= 0.3 is 0 Å². The van der Waals surface area contributed by atoms with Crippen LogP contribution < -0.4 is 21.7 Å². The van der Waals surface area contributed by atoms with Crippen molar-refractivity contribution in [1.82, 2.24) is 10.2 Å². The van der Waals surface area contributed by atoms with Crippen LogP contribution in [0.3, 0.4) is 0 Å². The van der Waals surface area contributed by atoms with Crippen molar-refractivity contribution in [3.05, 3.63) is 24.3 Å². The van der Waals surface area contributed by atoms with E-state index < -0.39 is 6.04 Å². The minimum absolute atomic E-state index is 0. The number of carbonyl (C=O) groups excluding carboxylic acids is 3. The van der Waals surface area contributed by atoms with Crippen LogP contribution in [0.4, 0.5) is 11.4 Å². The molecule has 0 unspecified atom stereocenters. The van der Waals surface area contributed by atoms with Crippen LogP contribution in [0.1, 0.15) is 13.8 Å². The van der Waals surface area contributed by atoms with E-state index >= 15 is 0 Å². The summed E-state index contributed by atoms with van der Waals surface area (Å²) in [7, 11) is 0. The average molecular weight is 464 g/mol. The van der Waals surface area contributed by atoms with E-state index in [1.165, 1.54) is 0 Å². The number of amides is 3. The monoisotopic (exact) mass is 463 g/mol. The lowest BCUT2D eigenvalue weighted by Gasteiger charge is -2.25. The minimum atomic E-state index is -0.645. The number of benzene rings is 1. The van der Waals surface area contributed by atoms with Crippen molar-refractivity contribution >= 4 is 53.9 Å². The van der Waals surface area contributed by atoms with Gasteiger partial charge in [-0.15, -0.1) is 24.8 Å². The van der Waals surface area contributed by atoms with Crippen LogP contribution in [0.25, 0.3) is 0 Å². The van der Waals surface area contributed by atoms with Crippen molar-refractivity contribution in [2.24, 2.45) is 11.7 Å². The molecule has 1 saturated heterocycles. The molecule has 1 atom stereocenters. The second-order valence-corrected chi connectivity index (χ2v) is 7.05. The van der Waals surface area contributed by atoms with Crippen molar-refractivity contribution in [2.75, 3.05) is 50.0 Å². The number of hydrogen-bond donors (Lipinski definition) is 4. The van der Waals surface area contributed by atoms with Crippen molar-refractivity contribution in [2.45, 2.75) is 19.9 Å². The van der Waals surface area contributed by atoms with Crippen LogP contribution in [0.15, 0.2) is 24.3 Å². The molecular formula is C19H31Cl2N5O4. The van der Waals surface area contributed by atoms with Gasteiger partial charge in [-0.1, -0.05) is 13.8 Å². The van der Waals surface area contributed by atoms with E-state index in [9.17, 15) is 14.4 Å². The number of halogens is 2. The molecule has 170 valence electrons. The average Bonchev–Trinajstić information content (AvgIpc) is 2.67. The van der Waals surface area contributed by atoms with E-state index in [-0.39, 0.29) is 55.0 Å². The van der Waals surface area contributed by atoms with E-state index in [4.69, 9.17) is 10.5 Å².